The molecule has 0 aliphatic heterocycles. The third kappa shape index (κ3) is 8.20. The molecule has 0 aliphatic carbocycles. The van der Waals surface area contributed by atoms with E-state index in [1.807, 2.05) is 0 Å². The van der Waals surface area contributed by atoms with Crippen molar-refractivity contribution >= 4 is 0 Å². The van der Waals surface area contributed by atoms with Crippen LogP contribution in [0.2, 0.25) is 0 Å². The molecule has 0 spiro atoms. The van der Waals surface area contributed by atoms with Crippen molar-refractivity contribution in [1.82, 2.24) is 5.32 Å². The van der Waals surface area contributed by atoms with E-state index in [-0.39, 0.29) is 0 Å². The highest BCUT2D eigenvalue weighted by atomic mass is 16.5. The Balaban J connectivity index is 2.49. The Bertz CT molecular complexity index is 379. The van der Waals surface area contributed by atoms with Crippen LogP contribution in [0.1, 0.15) is 37.3 Å². The first-order chi connectivity index (χ1) is 10.1. The summed E-state index contributed by atoms with van der Waals surface area (Å²) >= 11 is 0. The zero-order chi connectivity index (χ0) is 15.5. The second kappa shape index (κ2) is 10.8. The summed E-state index contributed by atoms with van der Waals surface area (Å²) in [6, 6.07) is 8.81. The normalized spacial score (nSPS) is 12.8. The smallest absolute Gasteiger partial charge is 0.0700 e. The zero-order valence-corrected chi connectivity index (χ0v) is 14.0. The van der Waals surface area contributed by atoms with E-state index in [2.05, 4.69) is 50.4 Å². The summed E-state index contributed by atoms with van der Waals surface area (Å²) in [6.45, 7) is 10.8. The van der Waals surface area contributed by atoms with Gasteiger partial charge in [0.05, 0.1) is 13.2 Å². The van der Waals surface area contributed by atoms with Crippen LogP contribution in [0.5, 0.6) is 0 Å². The third-order valence-electron chi connectivity index (χ3n) is 3.50. The number of rotatable bonds is 11. The van der Waals surface area contributed by atoms with E-state index in [9.17, 15) is 0 Å². The van der Waals surface area contributed by atoms with Crippen LogP contribution in [0.15, 0.2) is 24.3 Å². The number of nitrogens with one attached hydrogen (secondary N) is 1. The number of benzene rings is 1. The van der Waals surface area contributed by atoms with Crippen molar-refractivity contribution < 1.29 is 9.47 Å². The van der Waals surface area contributed by atoms with Gasteiger partial charge in [0, 0.05) is 20.3 Å². The summed E-state index contributed by atoms with van der Waals surface area (Å²) in [5.41, 5.74) is 2.73. The van der Waals surface area contributed by atoms with Gasteiger partial charge in [-0.15, -0.1) is 0 Å². The molecule has 21 heavy (non-hydrogen) atoms. The van der Waals surface area contributed by atoms with Crippen molar-refractivity contribution in [3.63, 3.8) is 0 Å². The van der Waals surface area contributed by atoms with Crippen LogP contribution in [0, 0.1) is 12.8 Å². The van der Waals surface area contributed by atoms with Crippen LogP contribution in [0.4, 0.5) is 0 Å². The van der Waals surface area contributed by atoms with E-state index >= 15 is 0 Å². The molecule has 1 N–H and O–H groups in total. The molecule has 0 heterocycles. The van der Waals surface area contributed by atoms with Gasteiger partial charge in [-0.25, -0.2) is 0 Å². The number of hydrogen-bond acceptors (Lipinski definition) is 3. The maximum absolute atomic E-state index is 5.63. The lowest BCUT2D eigenvalue weighted by atomic mass is 9.94. The van der Waals surface area contributed by atoms with E-state index in [0.717, 1.165) is 26.1 Å². The fraction of sp³-hybridized carbons (Fsp3) is 0.667. The van der Waals surface area contributed by atoms with Crippen molar-refractivity contribution in [2.75, 3.05) is 40.0 Å². The molecule has 1 unspecified atom stereocenters. The summed E-state index contributed by atoms with van der Waals surface area (Å²) in [7, 11) is 1.70. The van der Waals surface area contributed by atoms with Gasteiger partial charge in [-0.2, -0.15) is 0 Å². The molecule has 1 aromatic rings. The third-order valence-corrected chi connectivity index (χ3v) is 3.50. The first-order valence-corrected chi connectivity index (χ1v) is 7.97. The molecule has 0 radical (unpaired) electrons. The van der Waals surface area contributed by atoms with Gasteiger partial charge in [0.15, 0.2) is 0 Å². The first-order valence-electron chi connectivity index (χ1n) is 7.97. The topological polar surface area (TPSA) is 30.5 Å². The van der Waals surface area contributed by atoms with E-state index in [0.29, 0.717) is 25.0 Å². The average molecular weight is 293 g/mol. The lowest BCUT2D eigenvalue weighted by Gasteiger charge is -2.19. The molecule has 120 valence electrons. The van der Waals surface area contributed by atoms with Gasteiger partial charge >= 0.3 is 0 Å². The maximum Gasteiger partial charge on any atom is 0.0700 e. The molecule has 1 aromatic carbocycles. The summed E-state index contributed by atoms with van der Waals surface area (Å²) in [5.74, 6) is 1.19. The molecule has 0 bridgehead atoms. The molecule has 0 saturated heterocycles. The standard InChI is InChI=1S/C18H31NO2/c1-15(2)13-19-14-18(8-9-21-11-10-20-4)17-7-5-6-16(3)12-17/h5-7,12,15,18-19H,8-11,13-14H2,1-4H3. The number of hydrogen-bond donors (Lipinski definition) is 1. The Morgan fingerprint density at radius 1 is 1.10 bits per heavy atom. The van der Waals surface area contributed by atoms with Crippen LogP contribution in [-0.2, 0) is 9.47 Å². The van der Waals surface area contributed by atoms with Crippen molar-refractivity contribution in [1.29, 1.82) is 0 Å². The molecule has 0 amide bonds. The van der Waals surface area contributed by atoms with Gasteiger partial charge in [0.2, 0.25) is 0 Å². The van der Waals surface area contributed by atoms with Gasteiger partial charge in [0.1, 0.15) is 0 Å². The largest absolute Gasteiger partial charge is 0.382 e. The molecule has 0 aromatic heterocycles. The Morgan fingerprint density at radius 3 is 2.57 bits per heavy atom. The Morgan fingerprint density at radius 2 is 1.90 bits per heavy atom. The zero-order valence-electron chi connectivity index (χ0n) is 14.0. The Labute approximate surface area is 130 Å². The molecule has 1 rings (SSSR count). The van der Waals surface area contributed by atoms with Gasteiger partial charge in [-0.1, -0.05) is 43.7 Å². The minimum absolute atomic E-state index is 0.506. The number of methoxy groups -OCH3 is 1. The fourth-order valence-electron chi connectivity index (χ4n) is 2.33. The summed E-state index contributed by atoms with van der Waals surface area (Å²) in [6.07, 6.45) is 1.04. The van der Waals surface area contributed by atoms with Crippen LogP contribution in [0.25, 0.3) is 0 Å². The van der Waals surface area contributed by atoms with Gasteiger partial charge in [-0.05, 0) is 37.3 Å². The highest BCUT2D eigenvalue weighted by molar-refractivity contribution is 5.25. The van der Waals surface area contributed by atoms with E-state index in [1.165, 1.54) is 11.1 Å². The molecule has 3 heteroatoms. The summed E-state index contributed by atoms with van der Waals surface area (Å²) < 4.78 is 10.6. The molecular formula is C18H31NO2. The molecule has 0 aliphatic rings. The molecule has 3 nitrogen and oxygen atoms in total. The summed E-state index contributed by atoms with van der Waals surface area (Å²) in [4.78, 5) is 0. The SMILES string of the molecule is COCCOCCC(CNCC(C)C)c1cccc(C)c1. The van der Waals surface area contributed by atoms with Gasteiger partial charge < -0.3 is 14.8 Å². The Kier molecular flexibility index (Phi) is 9.31. The van der Waals surface area contributed by atoms with Crippen LogP contribution in [-0.4, -0.2) is 40.0 Å². The predicted octanol–water partition coefficient (Wildman–Crippen LogP) is 3.38. The van der Waals surface area contributed by atoms with Gasteiger partial charge in [-0.3, -0.25) is 0 Å². The van der Waals surface area contributed by atoms with Crippen LogP contribution >= 0.6 is 0 Å². The number of ether oxygens (including phenoxy) is 2. The van der Waals surface area contributed by atoms with E-state index < -0.39 is 0 Å². The van der Waals surface area contributed by atoms with Crippen molar-refractivity contribution in [3.05, 3.63) is 35.4 Å². The first kappa shape index (κ1) is 18.1. The monoisotopic (exact) mass is 293 g/mol. The van der Waals surface area contributed by atoms with Gasteiger partial charge in [0.25, 0.3) is 0 Å². The van der Waals surface area contributed by atoms with Crippen molar-refractivity contribution in [3.8, 4) is 0 Å². The molecule has 0 saturated carbocycles. The molecule has 0 fully saturated rings. The molecule has 1 atom stereocenters. The second-order valence-corrected chi connectivity index (χ2v) is 6.06. The second-order valence-electron chi connectivity index (χ2n) is 6.06. The minimum atomic E-state index is 0.506. The minimum Gasteiger partial charge on any atom is -0.382 e. The fourth-order valence-corrected chi connectivity index (χ4v) is 2.33. The highest BCUT2D eigenvalue weighted by Crippen LogP contribution is 2.20. The van der Waals surface area contributed by atoms with Crippen molar-refractivity contribution in [2.45, 2.75) is 33.1 Å². The van der Waals surface area contributed by atoms with E-state index in [4.69, 9.17) is 9.47 Å². The highest BCUT2D eigenvalue weighted by Gasteiger charge is 2.12. The quantitative estimate of drug-likeness (QED) is 0.635. The number of aryl methyl sites for hydroxylation is 1. The predicted molar refractivity (Wildman–Crippen MR) is 88.9 cm³/mol. The average Bonchev–Trinajstić information content (AvgIpc) is 2.45. The lowest BCUT2D eigenvalue weighted by molar-refractivity contribution is 0.0669. The summed E-state index contributed by atoms with van der Waals surface area (Å²) in [5, 5.41) is 3.57. The van der Waals surface area contributed by atoms with E-state index in [1.54, 1.807) is 7.11 Å². The lowest BCUT2D eigenvalue weighted by Crippen LogP contribution is -2.26. The van der Waals surface area contributed by atoms with Crippen LogP contribution in [0.3, 0.4) is 0 Å². The maximum atomic E-state index is 5.63. The van der Waals surface area contributed by atoms with Crippen LogP contribution < -0.4 is 5.32 Å². The Hall–Kier alpha value is -0.900. The molecular weight excluding hydrogens is 262 g/mol. The van der Waals surface area contributed by atoms with Crippen molar-refractivity contribution in [2.24, 2.45) is 5.92 Å².